The van der Waals surface area contributed by atoms with E-state index in [2.05, 4.69) is 10.3 Å². The summed E-state index contributed by atoms with van der Waals surface area (Å²) in [5.74, 6) is -1.94. The van der Waals surface area contributed by atoms with E-state index in [1.165, 1.54) is 18.2 Å². The third-order valence-corrected chi connectivity index (χ3v) is 4.40. The summed E-state index contributed by atoms with van der Waals surface area (Å²) in [7, 11) is 0. The van der Waals surface area contributed by atoms with Gasteiger partial charge in [-0.2, -0.15) is 0 Å². The van der Waals surface area contributed by atoms with Crippen LogP contribution >= 0.6 is 0 Å². The number of aliphatic carboxylic acids is 1. The number of rotatable bonds is 4. The monoisotopic (exact) mass is 345 g/mol. The minimum Gasteiger partial charge on any atom is -0.481 e. The number of carbonyl (C=O) groups excluding carboxylic acids is 1. The molecule has 3 rings (SSSR count). The molecule has 0 bridgehead atoms. The van der Waals surface area contributed by atoms with Gasteiger partial charge >= 0.3 is 5.97 Å². The highest BCUT2D eigenvalue weighted by atomic mass is 16.6. The molecule has 1 aromatic carbocycles. The van der Waals surface area contributed by atoms with E-state index in [-0.39, 0.29) is 22.7 Å². The Morgan fingerprint density at radius 3 is 2.68 bits per heavy atom. The van der Waals surface area contributed by atoms with Crippen LogP contribution in [0.25, 0.3) is 10.9 Å². The summed E-state index contributed by atoms with van der Waals surface area (Å²) in [4.78, 5) is 48.2. The molecule has 1 aromatic heterocycles. The van der Waals surface area contributed by atoms with Crippen molar-refractivity contribution in [1.29, 1.82) is 0 Å². The molecule has 1 saturated carbocycles. The Kier molecular flexibility index (Phi) is 4.22. The number of carboxylic acid groups (broad SMARTS) is 1. The number of aromatic nitrogens is 1. The molecule has 1 aliphatic rings. The number of nitrogens with zero attached hydrogens (tertiary/aromatic N) is 1. The zero-order valence-corrected chi connectivity index (χ0v) is 13.0. The Morgan fingerprint density at radius 1 is 1.28 bits per heavy atom. The quantitative estimate of drug-likeness (QED) is 0.565. The molecule has 1 fully saturated rings. The van der Waals surface area contributed by atoms with Crippen molar-refractivity contribution in [2.45, 2.75) is 25.3 Å². The Balaban J connectivity index is 1.92. The van der Waals surface area contributed by atoms with Gasteiger partial charge in [-0.05, 0) is 25.3 Å². The molecule has 0 radical (unpaired) electrons. The number of amides is 1. The van der Waals surface area contributed by atoms with Crippen LogP contribution in [0.1, 0.15) is 29.6 Å². The Bertz CT molecular complexity index is 935. The second kappa shape index (κ2) is 6.34. The number of nitro groups is 1. The third-order valence-electron chi connectivity index (χ3n) is 4.40. The largest absolute Gasteiger partial charge is 0.481 e. The van der Waals surface area contributed by atoms with E-state index in [9.17, 15) is 24.5 Å². The van der Waals surface area contributed by atoms with Crippen LogP contribution < -0.4 is 10.9 Å². The molecular formula is C16H15N3O6. The van der Waals surface area contributed by atoms with Crippen LogP contribution in [0.2, 0.25) is 0 Å². The fourth-order valence-corrected chi connectivity index (χ4v) is 3.14. The first kappa shape index (κ1) is 16.6. The lowest BCUT2D eigenvalue weighted by Crippen LogP contribution is -2.34. The predicted molar refractivity (Wildman–Crippen MR) is 87.5 cm³/mol. The normalized spacial score (nSPS) is 19.7. The highest BCUT2D eigenvalue weighted by Gasteiger charge is 2.31. The number of benzene rings is 1. The molecule has 9 heteroatoms. The fraction of sp³-hybridized carbons (Fsp3) is 0.312. The standard InChI is InChI=1S/C16H15N3O6/c20-14-7-12(11-6-10(19(24)25)3-4-13(11)18-14)15(21)17-9-2-1-8(5-9)16(22)23/h3-4,6-9H,1-2,5H2,(H,17,21)(H,18,20)(H,22,23)/t8-,9+/m1/s1. The minimum absolute atomic E-state index is 0.0289. The maximum Gasteiger partial charge on any atom is 0.306 e. The van der Waals surface area contributed by atoms with Gasteiger partial charge < -0.3 is 15.4 Å². The molecule has 3 N–H and O–H groups in total. The van der Waals surface area contributed by atoms with Crippen LogP contribution in [0.3, 0.4) is 0 Å². The van der Waals surface area contributed by atoms with E-state index in [1.54, 1.807) is 0 Å². The first-order valence-corrected chi connectivity index (χ1v) is 7.70. The van der Waals surface area contributed by atoms with Gasteiger partial charge in [-0.25, -0.2) is 0 Å². The molecule has 2 aromatic rings. The summed E-state index contributed by atoms with van der Waals surface area (Å²) < 4.78 is 0. The van der Waals surface area contributed by atoms with Crippen molar-refractivity contribution >= 4 is 28.5 Å². The number of non-ortho nitro benzene ring substituents is 1. The van der Waals surface area contributed by atoms with Gasteiger partial charge in [0.25, 0.3) is 11.6 Å². The minimum atomic E-state index is -0.894. The highest BCUT2D eigenvalue weighted by molar-refractivity contribution is 6.06. The topological polar surface area (TPSA) is 142 Å². The fourth-order valence-electron chi connectivity index (χ4n) is 3.14. The van der Waals surface area contributed by atoms with Crippen molar-refractivity contribution in [2.24, 2.45) is 5.92 Å². The molecule has 9 nitrogen and oxygen atoms in total. The number of hydrogen-bond acceptors (Lipinski definition) is 5. The van der Waals surface area contributed by atoms with Crippen molar-refractivity contribution in [3.63, 3.8) is 0 Å². The molecule has 1 amide bonds. The maximum atomic E-state index is 12.5. The van der Waals surface area contributed by atoms with Gasteiger partial charge in [0.05, 0.1) is 16.4 Å². The number of aromatic amines is 1. The lowest BCUT2D eigenvalue weighted by atomic mass is 10.1. The molecule has 130 valence electrons. The van der Waals surface area contributed by atoms with Crippen LogP contribution in [0.5, 0.6) is 0 Å². The van der Waals surface area contributed by atoms with Gasteiger partial charge in [0, 0.05) is 35.1 Å². The Morgan fingerprint density at radius 2 is 2.04 bits per heavy atom. The van der Waals surface area contributed by atoms with E-state index < -0.39 is 28.3 Å². The Hall–Kier alpha value is -3.23. The number of carboxylic acids is 1. The van der Waals surface area contributed by atoms with Gasteiger partial charge in [0.15, 0.2) is 0 Å². The molecule has 1 heterocycles. The lowest BCUT2D eigenvalue weighted by molar-refractivity contribution is -0.384. The summed E-state index contributed by atoms with van der Waals surface area (Å²) in [6, 6.07) is 4.64. The number of nitro benzene ring substituents is 1. The predicted octanol–water partition coefficient (Wildman–Crippen LogP) is 1.42. The zero-order valence-electron chi connectivity index (χ0n) is 13.0. The van der Waals surface area contributed by atoms with Crippen LogP contribution in [0.4, 0.5) is 5.69 Å². The van der Waals surface area contributed by atoms with E-state index in [4.69, 9.17) is 5.11 Å². The van der Waals surface area contributed by atoms with Crippen molar-refractivity contribution in [2.75, 3.05) is 0 Å². The summed E-state index contributed by atoms with van der Waals surface area (Å²) in [5, 5.41) is 23.0. The number of pyridine rings is 1. The molecule has 0 saturated heterocycles. The van der Waals surface area contributed by atoms with Crippen molar-refractivity contribution in [3.05, 3.63) is 50.3 Å². The first-order valence-electron chi connectivity index (χ1n) is 7.70. The van der Waals surface area contributed by atoms with Crippen LogP contribution in [-0.2, 0) is 4.79 Å². The van der Waals surface area contributed by atoms with E-state index in [0.29, 0.717) is 24.8 Å². The van der Waals surface area contributed by atoms with Crippen LogP contribution in [0, 0.1) is 16.0 Å². The van der Waals surface area contributed by atoms with E-state index in [0.717, 1.165) is 6.07 Å². The number of hydrogen-bond donors (Lipinski definition) is 3. The average Bonchev–Trinajstić information content (AvgIpc) is 3.02. The van der Waals surface area contributed by atoms with Gasteiger partial charge in [-0.1, -0.05) is 0 Å². The molecule has 0 spiro atoms. The van der Waals surface area contributed by atoms with Gasteiger partial charge in [0.1, 0.15) is 0 Å². The van der Waals surface area contributed by atoms with E-state index >= 15 is 0 Å². The molecule has 1 aliphatic carbocycles. The zero-order chi connectivity index (χ0) is 18.1. The first-order chi connectivity index (χ1) is 11.8. The third kappa shape index (κ3) is 3.35. The summed E-state index contributed by atoms with van der Waals surface area (Å²) in [5.41, 5.74) is -0.346. The van der Waals surface area contributed by atoms with Gasteiger partial charge in [-0.3, -0.25) is 24.5 Å². The number of carbonyl (C=O) groups is 2. The lowest BCUT2D eigenvalue weighted by Gasteiger charge is -2.13. The summed E-state index contributed by atoms with van der Waals surface area (Å²) in [6.45, 7) is 0. The van der Waals surface area contributed by atoms with Crippen LogP contribution in [0.15, 0.2) is 29.1 Å². The molecular weight excluding hydrogens is 330 g/mol. The summed E-state index contributed by atoms with van der Waals surface area (Å²) >= 11 is 0. The second-order valence-corrected chi connectivity index (χ2v) is 6.05. The maximum absolute atomic E-state index is 12.5. The smallest absolute Gasteiger partial charge is 0.306 e. The van der Waals surface area contributed by atoms with Crippen molar-refractivity contribution in [3.8, 4) is 0 Å². The number of H-pyrrole nitrogens is 1. The molecule has 0 unspecified atom stereocenters. The molecule has 2 atom stereocenters. The second-order valence-electron chi connectivity index (χ2n) is 6.05. The number of nitrogens with one attached hydrogen (secondary N) is 2. The molecule has 25 heavy (non-hydrogen) atoms. The summed E-state index contributed by atoms with van der Waals surface area (Å²) in [6.07, 6.45) is 1.33. The van der Waals surface area contributed by atoms with Crippen molar-refractivity contribution < 1.29 is 19.6 Å². The van der Waals surface area contributed by atoms with Gasteiger partial charge in [0.2, 0.25) is 5.56 Å². The Labute approximate surface area is 140 Å². The highest BCUT2D eigenvalue weighted by Crippen LogP contribution is 2.27. The number of fused-ring (bicyclic) bond motifs is 1. The average molecular weight is 345 g/mol. The molecule has 0 aliphatic heterocycles. The SMILES string of the molecule is O=C(N[C@H]1CC[C@@H](C(=O)O)C1)c1cc(=O)[nH]c2ccc([N+](=O)[O-])cc12. The van der Waals surface area contributed by atoms with Crippen LogP contribution in [-0.4, -0.2) is 32.9 Å². The van der Waals surface area contributed by atoms with E-state index in [1.807, 2.05) is 0 Å². The van der Waals surface area contributed by atoms with Gasteiger partial charge in [-0.15, -0.1) is 0 Å². The van der Waals surface area contributed by atoms with Crippen molar-refractivity contribution in [1.82, 2.24) is 10.3 Å².